The average molecular weight is 296 g/mol. The largest absolute Gasteiger partial charge is 0.309 e. The number of hydrogen-bond donors (Lipinski definition) is 1. The van der Waals surface area contributed by atoms with E-state index in [9.17, 15) is 0 Å². The summed E-state index contributed by atoms with van der Waals surface area (Å²) < 4.78 is 0. The lowest BCUT2D eigenvalue weighted by Gasteiger charge is -2.20. The smallest absolute Gasteiger partial charge is 0.0580 e. The third-order valence-corrected chi connectivity index (χ3v) is 4.19. The van der Waals surface area contributed by atoms with Crippen LogP contribution in [0.25, 0.3) is 10.8 Å². The van der Waals surface area contributed by atoms with Crippen molar-refractivity contribution >= 4 is 22.4 Å². The van der Waals surface area contributed by atoms with E-state index in [1.807, 2.05) is 25.2 Å². The van der Waals surface area contributed by atoms with Crippen molar-refractivity contribution in [2.24, 2.45) is 0 Å². The summed E-state index contributed by atoms with van der Waals surface area (Å²) in [6.45, 7) is 2.15. The number of aryl methyl sites for hydroxylation is 1. The van der Waals surface area contributed by atoms with Crippen LogP contribution >= 0.6 is 11.6 Å². The zero-order chi connectivity index (χ0) is 14.8. The highest BCUT2D eigenvalue weighted by Gasteiger charge is 2.15. The molecule has 0 radical (unpaired) electrons. The monoisotopic (exact) mass is 295 g/mol. The lowest BCUT2D eigenvalue weighted by molar-refractivity contribution is 0.697. The van der Waals surface area contributed by atoms with Gasteiger partial charge in [0.05, 0.1) is 6.04 Å². The summed E-state index contributed by atoms with van der Waals surface area (Å²) in [5.74, 6) is 0. The van der Waals surface area contributed by atoms with Crippen molar-refractivity contribution in [1.29, 1.82) is 0 Å². The first-order valence-corrected chi connectivity index (χ1v) is 7.49. The van der Waals surface area contributed by atoms with Gasteiger partial charge in [-0.2, -0.15) is 0 Å². The van der Waals surface area contributed by atoms with Crippen LogP contribution in [0.2, 0.25) is 5.02 Å². The molecule has 0 saturated carbocycles. The summed E-state index contributed by atoms with van der Waals surface area (Å²) in [6, 6.07) is 21.1. The standard InChI is InChI=1S/C19H18ClN/c1-13-10-11-18(17-9-4-3-8-16(13)17)19(21-2)14-6-5-7-15(20)12-14/h3-12,19,21H,1-2H3. The van der Waals surface area contributed by atoms with Crippen molar-refractivity contribution < 1.29 is 0 Å². The minimum atomic E-state index is 0.134. The van der Waals surface area contributed by atoms with E-state index in [2.05, 4.69) is 54.7 Å². The van der Waals surface area contributed by atoms with E-state index in [1.165, 1.54) is 27.5 Å². The maximum atomic E-state index is 6.15. The summed E-state index contributed by atoms with van der Waals surface area (Å²) in [7, 11) is 1.99. The predicted molar refractivity (Wildman–Crippen MR) is 91.0 cm³/mol. The Hall–Kier alpha value is -1.83. The Morgan fingerprint density at radius 3 is 2.38 bits per heavy atom. The van der Waals surface area contributed by atoms with Crippen LogP contribution < -0.4 is 5.32 Å². The highest BCUT2D eigenvalue weighted by molar-refractivity contribution is 6.30. The number of hydrogen-bond acceptors (Lipinski definition) is 1. The molecule has 3 rings (SSSR count). The topological polar surface area (TPSA) is 12.0 Å². The Morgan fingerprint density at radius 1 is 0.905 bits per heavy atom. The van der Waals surface area contributed by atoms with Gasteiger partial charge in [0.1, 0.15) is 0 Å². The Balaban J connectivity index is 2.20. The number of nitrogens with one attached hydrogen (secondary N) is 1. The van der Waals surface area contributed by atoms with Crippen LogP contribution in [0, 0.1) is 6.92 Å². The summed E-state index contributed by atoms with van der Waals surface area (Å²) >= 11 is 6.15. The van der Waals surface area contributed by atoms with Crippen molar-refractivity contribution in [3.05, 3.63) is 82.4 Å². The van der Waals surface area contributed by atoms with Gasteiger partial charge in [-0.3, -0.25) is 0 Å². The molecule has 0 aliphatic heterocycles. The third kappa shape index (κ3) is 2.67. The van der Waals surface area contributed by atoms with Crippen molar-refractivity contribution in [3.8, 4) is 0 Å². The van der Waals surface area contributed by atoms with Gasteiger partial charge >= 0.3 is 0 Å². The van der Waals surface area contributed by atoms with Gasteiger partial charge in [-0.05, 0) is 53.6 Å². The number of fused-ring (bicyclic) bond motifs is 1. The molecule has 1 nitrogen and oxygen atoms in total. The maximum Gasteiger partial charge on any atom is 0.0580 e. The second-order valence-corrected chi connectivity index (χ2v) is 5.73. The molecule has 0 saturated heterocycles. The summed E-state index contributed by atoms with van der Waals surface area (Å²) in [5.41, 5.74) is 3.76. The molecule has 0 aromatic heterocycles. The highest BCUT2D eigenvalue weighted by atomic mass is 35.5. The molecule has 0 aliphatic rings. The number of rotatable bonds is 3. The molecule has 0 spiro atoms. The van der Waals surface area contributed by atoms with E-state index in [4.69, 9.17) is 11.6 Å². The molecule has 1 unspecified atom stereocenters. The second kappa shape index (κ2) is 5.88. The molecule has 0 aliphatic carbocycles. The van der Waals surface area contributed by atoms with Crippen LogP contribution in [0.4, 0.5) is 0 Å². The molecular weight excluding hydrogens is 278 g/mol. The quantitative estimate of drug-likeness (QED) is 0.708. The molecule has 3 aromatic rings. The molecule has 0 heterocycles. The third-order valence-electron chi connectivity index (χ3n) is 3.96. The summed E-state index contributed by atoms with van der Waals surface area (Å²) in [6.07, 6.45) is 0. The van der Waals surface area contributed by atoms with Crippen molar-refractivity contribution in [2.45, 2.75) is 13.0 Å². The normalized spacial score (nSPS) is 12.5. The van der Waals surface area contributed by atoms with Crippen LogP contribution in [-0.4, -0.2) is 7.05 Å². The van der Waals surface area contributed by atoms with E-state index in [-0.39, 0.29) is 6.04 Å². The maximum absolute atomic E-state index is 6.15. The molecule has 0 amide bonds. The Morgan fingerprint density at radius 2 is 1.67 bits per heavy atom. The molecule has 21 heavy (non-hydrogen) atoms. The van der Waals surface area contributed by atoms with Crippen molar-refractivity contribution in [2.75, 3.05) is 7.05 Å². The van der Waals surface area contributed by atoms with E-state index < -0.39 is 0 Å². The van der Waals surface area contributed by atoms with Gasteiger partial charge in [-0.1, -0.05) is 60.1 Å². The molecule has 106 valence electrons. The van der Waals surface area contributed by atoms with Crippen LogP contribution in [0.3, 0.4) is 0 Å². The van der Waals surface area contributed by atoms with Crippen molar-refractivity contribution in [1.82, 2.24) is 5.32 Å². The molecule has 0 fully saturated rings. The number of benzene rings is 3. The average Bonchev–Trinajstić information content (AvgIpc) is 2.51. The van der Waals surface area contributed by atoms with E-state index in [0.29, 0.717) is 0 Å². The van der Waals surface area contributed by atoms with Gasteiger partial charge in [0.15, 0.2) is 0 Å². The first-order valence-electron chi connectivity index (χ1n) is 7.11. The first-order chi connectivity index (χ1) is 10.2. The lowest BCUT2D eigenvalue weighted by atomic mass is 9.92. The molecule has 2 heteroatoms. The Bertz CT molecular complexity index is 779. The molecule has 1 atom stereocenters. The summed E-state index contributed by atoms with van der Waals surface area (Å²) in [5, 5.41) is 6.77. The molecule has 0 bridgehead atoms. The van der Waals surface area contributed by atoms with E-state index in [0.717, 1.165) is 5.02 Å². The second-order valence-electron chi connectivity index (χ2n) is 5.29. The van der Waals surface area contributed by atoms with Gasteiger partial charge in [0, 0.05) is 5.02 Å². The van der Waals surface area contributed by atoms with E-state index >= 15 is 0 Å². The highest BCUT2D eigenvalue weighted by Crippen LogP contribution is 2.31. The fourth-order valence-electron chi connectivity index (χ4n) is 2.91. The molecule has 3 aromatic carbocycles. The minimum Gasteiger partial charge on any atom is -0.309 e. The SMILES string of the molecule is CNC(c1cccc(Cl)c1)c1ccc(C)c2ccccc12. The van der Waals surface area contributed by atoms with Gasteiger partial charge < -0.3 is 5.32 Å². The summed E-state index contributed by atoms with van der Waals surface area (Å²) in [4.78, 5) is 0. The van der Waals surface area contributed by atoms with Gasteiger partial charge in [-0.25, -0.2) is 0 Å². The predicted octanol–water partition coefficient (Wildman–Crippen LogP) is 5.11. The van der Waals surface area contributed by atoms with E-state index in [1.54, 1.807) is 0 Å². The fraction of sp³-hybridized carbons (Fsp3) is 0.158. The van der Waals surface area contributed by atoms with Gasteiger partial charge in [0.2, 0.25) is 0 Å². The zero-order valence-corrected chi connectivity index (χ0v) is 13.0. The van der Waals surface area contributed by atoms with Gasteiger partial charge in [-0.15, -0.1) is 0 Å². The molecular formula is C19H18ClN. The fourth-order valence-corrected chi connectivity index (χ4v) is 3.11. The van der Waals surface area contributed by atoms with Crippen LogP contribution in [0.1, 0.15) is 22.7 Å². The molecule has 1 N–H and O–H groups in total. The minimum absolute atomic E-state index is 0.134. The zero-order valence-electron chi connectivity index (χ0n) is 12.2. The Labute approximate surface area is 130 Å². The lowest BCUT2D eigenvalue weighted by Crippen LogP contribution is -2.18. The van der Waals surface area contributed by atoms with Crippen molar-refractivity contribution in [3.63, 3.8) is 0 Å². The van der Waals surface area contributed by atoms with Crippen LogP contribution in [0.15, 0.2) is 60.7 Å². The first kappa shape index (κ1) is 14.1. The van der Waals surface area contributed by atoms with Crippen LogP contribution in [-0.2, 0) is 0 Å². The van der Waals surface area contributed by atoms with Gasteiger partial charge in [0.25, 0.3) is 0 Å². The number of halogens is 1. The van der Waals surface area contributed by atoms with Crippen LogP contribution in [0.5, 0.6) is 0 Å². The Kier molecular flexibility index (Phi) is 3.96.